The van der Waals surface area contributed by atoms with E-state index in [2.05, 4.69) is 37.4 Å². The van der Waals surface area contributed by atoms with Gasteiger partial charge in [0, 0.05) is 46.8 Å². The lowest BCUT2D eigenvalue weighted by atomic mass is 10.3. The average molecular weight is 295 g/mol. The van der Waals surface area contributed by atoms with E-state index in [1.54, 1.807) is 7.05 Å². The second-order valence-corrected chi connectivity index (χ2v) is 5.39. The molecule has 0 aromatic carbocycles. The number of hydrogen-bond donors (Lipinski definition) is 2. The van der Waals surface area contributed by atoms with E-state index in [0.717, 1.165) is 32.8 Å². The Balaban J connectivity index is 1.98. The number of nitrogens with zero attached hydrogens (tertiary/aromatic N) is 5. The first-order valence-electron chi connectivity index (χ1n) is 7.26. The van der Waals surface area contributed by atoms with Gasteiger partial charge in [-0.05, 0) is 6.92 Å². The Hall–Kier alpha value is -1.67. The van der Waals surface area contributed by atoms with Crippen LogP contribution in [0.4, 0.5) is 17.8 Å². The van der Waals surface area contributed by atoms with Crippen LogP contribution in [0.2, 0.25) is 0 Å². The number of morpholine rings is 1. The van der Waals surface area contributed by atoms with Crippen LogP contribution in [0.5, 0.6) is 0 Å². The molecule has 1 aliphatic heterocycles. The molecule has 0 spiro atoms. The van der Waals surface area contributed by atoms with Gasteiger partial charge in [-0.15, -0.1) is 0 Å². The second kappa shape index (κ2) is 7.37. The third kappa shape index (κ3) is 4.68. The molecule has 2 N–H and O–H groups in total. The molecule has 1 fully saturated rings. The maximum atomic E-state index is 5.36. The Morgan fingerprint density at radius 1 is 1.19 bits per heavy atom. The standard InChI is InChI=1S/C13H25N7O/c1-10(9-20-5-7-21-8-6-20)15-12-16-11(14-2)17-13(18-12)19(3)4/h10H,5-9H2,1-4H3,(H2,14,15,16,17,18). The van der Waals surface area contributed by atoms with Gasteiger partial charge in [0.25, 0.3) is 0 Å². The quantitative estimate of drug-likeness (QED) is 0.766. The van der Waals surface area contributed by atoms with E-state index >= 15 is 0 Å². The number of nitrogens with one attached hydrogen (secondary N) is 2. The van der Waals surface area contributed by atoms with Crippen LogP contribution < -0.4 is 15.5 Å². The molecule has 0 amide bonds. The molecule has 21 heavy (non-hydrogen) atoms. The molecule has 1 unspecified atom stereocenters. The Morgan fingerprint density at radius 2 is 1.86 bits per heavy atom. The first-order valence-corrected chi connectivity index (χ1v) is 7.26. The molecule has 0 saturated carbocycles. The molecule has 1 aliphatic rings. The van der Waals surface area contributed by atoms with Gasteiger partial charge in [-0.1, -0.05) is 0 Å². The van der Waals surface area contributed by atoms with Crippen LogP contribution in [-0.2, 0) is 4.74 Å². The molecule has 8 nitrogen and oxygen atoms in total. The molecule has 2 rings (SSSR count). The SMILES string of the molecule is CNc1nc(NC(C)CN2CCOCC2)nc(N(C)C)n1. The molecule has 0 radical (unpaired) electrons. The number of rotatable bonds is 6. The summed E-state index contributed by atoms with van der Waals surface area (Å²) in [5.41, 5.74) is 0. The number of anilines is 3. The fourth-order valence-electron chi connectivity index (χ4n) is 2.18. The molecule has 0 bridgehead atoms. The van der Waals surface area contributed by atoms with Crippen LogP contribution in [0.1, 0.15) is 6.92 Å². The molecule has 118 valence electrons. The van der Waals surface area contributed by atoms with Crippen molar-refractivity contribution in [2.45, 2.75) is 13.0 Å². The maximum Gasteiger partial charge on any atom is 0.231 e. The molecular weight excluding hydrogens is 270 g/mol. The summed E-state index contributed by atoms with van der Waals surface area (Å²) in [7, 11) is 5.63. The summed E-state index contributed by atoms with van der Waals surface area (Å²) in [6, 6.07) is 0.255. The van der Waals surface area contributed by atoms with Crippen LogP contribution in [0, 0.1) is 0 Å². The molecule has 1 aromatic heterocycles. The van der Waals surface area contributed by atoms with Gasteiger partial charge in [-0.3, -0.25) is 4.90 Å². The van der Waals surface area contributed by atoms with Crippen LogP contribution >= 0.6 is 0 Å². The largest absolute Gasteiger partial charge is 0.379 e. The molecular formula is C13H25N7O. The van der Waals surface area contributed by atoms with Gasteiger partial charge in [-0.2, -0.15) is 15.0 Å². The summed E-state index contributed by atoms with van der Waals surface area (Å²) in [5.74, 6) is 1.80. The van der Waals surface area contributed by atoms with Crippen LogP contribution in [0.15, 0.2) is 0 Å². The van der Waals surface area contributed by atoms with Crippen molar-refractivity contribution in [2.75, 3.05) is 69.5 Å². The van der Waals surface area contributed by atoms with Crippen LogP contribution in [0.25, 0.3) is 0 Å². The van der Waals surface area contributed by atoms with E-state index in [1.807, 2.05) is 19.0 Å². The molecule has 0 aliphatic carbocycles. The lowest BCUT2D eigenvalue weighted by Crippen LogP contribution is -2.42. The zero-order valence-corrected chi connectivity index (χ0v) is 13.3. The predicted octanol–water partition coefficient (Wildman–Crippen LogP) is 0.112. The average Bonchev–Trinajstić information content (AvgIpc) is 2.47. The highest BCUT2D eigenvalue weighted by Gasteiger charge is 2.15. The summed E-state index contributed by atoms with van der Waals surface area (Å²) in [4.78, 5) is 17.3. The summed E-state index contributed by atoms with van der Waals surface area (Å²) in [5, 5.41) is 6.31. The minimum absolute atomic E-state index is 0.255. The first kappa shape index (κ1) is 15.7. The molecule has 1 saturated heterocycles. The van der Waals surface area contributed by atoms with Crippen molar-refractivity contribution in [1.29, 1.82) is 0 Å². The van der Waals surface area contributed by atoms with Crippen LogP contribution in [-0.4, -0.2) is 79.9 Å². The Labute approximate surface area is 125 Å². The van der Waals surface area contributed by atoms with E-state index in [4.69, 9.17) is 4.74 Å². The summed E-state index contributed by atoms with van der Waals surface area (Å²) in [6.07, 6.45) is 0. The zero-order valence-electron chi connectivity index (χ0n) is 13.3. The maximum absolute atomic E-state index is 5.36. The fourth-order valence-corrected chi connectivity index (χ4v) is 2.18. The van der Waals surface area contributed by atoms with Gasteiger partial charge in [0.15, 0.2) is 0 Å². The molecule has 1 atom stereocenters. The Bertz CT molecular complexity index is 448. The summed E-state index contributed by atoms with van der Waals surface area (Å²) < 4.78 is 5.36. The minimum Gasteiger partial charge on any atom is -0.379 e. The number of aromatic nitrogens is 3. The van der Waals surface area contributed by atoms with E-state index in [0.29, 0.717) is 17.8 Å². The lowest BCUT2D eigenvalue weighted by molar-refractivity contribution is 0.0368. The Morgan fingerprint density at radius 3 is 2.48 bits per heavy atom. The van der Waals surface area contributed by atoms with Gasteiger partial charge in [0.1, 0.15) is 0 Å². The van der Waals surface area contributed by atoms with E-state index in [9.17, 15) is 0 Å². The Kier molecular flexibility index (Phi) is 5.51. The molecule has 2 heterocycles. The lowest BCUT2D eigenvalue weighted by Gasteiger charge is -2.29. The van der Waals surface area contributed by atoms with Crippen molar-refractivity contribution in [1.82, 2.24) is 19.9 Å². The molecule has 1 aromatic rings. The highest BCUT2D eigenvalue weighted by molar-refractivity contribution is 5.43. The smallest absolute Gasteiger partial charge is 0.231 e. The van der Waals surface area contributed by atoms with Gasteiger partial charge in [0.2, 0.25) is 17.8 Å². The fraction of sp³-hybridized carbons (Fsp3) is 0.769. The molecule has 8 heteroatoms. The third-order valence-electron chi connectivity index (χ3n) is 3.26. The second-order valence-electron chi connectivity index (χ2n) is 5.39. The van der Waals surface area contributed by atoms with Crippen molar-refractivity contribution < 1.29 is 4.74 Å². The van der Waals surface area contributed by atoms with Crippen LogP contribution in [0.3, 0.4) is 0 Å². The highest BCUT2D eigenvalue weighted by Crippen LogP contribution is 2.12. The number of ether oxygens (including phenoxy) is 1. The zero-order chi connectivity index (χ0) is 15.2. The van der Waals surface area contributed by atoms with E-state index in [1.165, 1.54) is 0 Å². The van der Waals surface area contributed by atoms with E-state index in [-0.39, 0.29) is 6.04 Å². The van der Waals surface area contributed by atoms with Gasteiger partial charge >= 0.3 is 0 Å². The van der Waals surface area contributed by atoms with Crippen molar-refractivity contribution in [3.8, 4) is 0 Å². The number of hydrogen-bond acceptors (Lipinski definition) is 8. The summed E-state index contributed by atoms with van der Waals surface area (Å²) >= 11 is 0. The van der Waals surface area contributed by atoms with E-state index < -0.39 is 0 Å². The topological polar surface area (TPSA) is 78.4 Å². The predicted molar refractivity (Wildman–Crippen MR) is 84.0 cm³/mol. The van der Waals surface area contributed by atoms with Crippen molar-refractivity contribution in [3.63, 3.8) is 0 Å². The normalized spacial score (nSPS) is 17.3. The third-order valence-corrected chi connectivity index (χ3v) is 3.26. The first-order chi connectivity index (χ1) is 10.1. The monoisotopic (exact) mass is 295 g/mol. The summed E-state index contributed by atoms with van der Waals surface area (Å²) in [6.45, 7) is 6.66. The van der Waals surface area contributed by atoms with Crippen molar-refractivity contribution in [2.24, 2.45) is 0 Å². The van der Waals surface area contributed by atoms with Crippen molar-refractivity contribution >= 4 is 17.8 Å². The van der Waals surface area contributed by atoms with Gasteiger partial charge in [-0.25, -0.2) is 0 Å². The highest BCUT2D eigenvalue weighted by atomic mass is 16.5. The minimum atomic E-state index is 0.255. The van der Waals surface area contributed by atoms with Crippen molar-refractivity contribution in [3.05, 3.63) is 0 Å². The van der Waals surface area contributed by atoms with Gasteiger partial charge < -0.3 is 20.3 Å². The van der Waals surface area contributed by atoms with Gasteiger partial charge in [0.05, 0.1) is 13.2 Å².